The first kappa shape index (κ1) is 13.9. The van der Waals surface area contributed by atoms with Crippen molar-refractivity contribution in [1.29, 1.82) is 0 Å². The highest BCUT2D eigenvalue weighted by atomic mass is 16.5. The van der Waals surface area contributed by atoms with E-state index in [0.717, 1.165) is 19.1 Å². The van der Waals surface area contributed by atoms with Gasteiger partial charge in [0.05, 0.1) is 0 Å². The molecule has 0 amide bonds. The van der Waals surface area contributed by atoms with Gasteiger partial charge in [0.2, 0.25) is 0 Å². The van der Waals surface area contributed by atoms with E-state index >= 15 is 0 Å². The summed E-state index contributed by atoms with van der Waals surface area (Å²) in [5.41, 5.74) is 0. The predicted octanol–water partition coefficient (Wildman–Crippen LogP) is 1.59. The topological polar surface area (TPSA) is 24.5 Å². The van der Waals surface area contributed by atoms with Crippen LogP contribution in [-0.2, 0) is 4.74 Å². The first-order chi connectivity index (χ1) is 7.63. The summed E-state index contributed by atoms with van der Waals surface area (Å²) in [5, 5.41) is 3.65. The molecule has 3 heteroatoms. The summed E-state index contributed by atoms with van der Waals surface area (Å²) in [6, 6.07) is 0.646. The second kappa shape index (κ2) is 7.25. The third-order valence-corrected chi connectivity index (χ3v) is 3.71. The van der Waals surface area contributed by atoms with Gasteiger partial charge in [-0.25, -0.2) is 0 Å². The number of rotatable bonds is 6. The molecule has 1 saturated heterocycles. The lowest BCUT2D eigenvalue weighted by molar-refractivity contribution is 0.149. The smallest absolute Gasteiger partial charge is 0.0499 e. The van der Waals surface area contributed by atoms with E-state index in [-0.39, 0.29) is 0 Å². The van der Waals surface area contributed by atoms with Crippen LogP contribution >= 0.6 is 0 Å². The van der Waals surface area contributed by atoms with Crippen molar-refractivity contribution < 1.29 is 4.74 Å². The molecule has 0 aromatic carbocycles. The van der Waals surface area contributed by atoms with Gasteiger partial charge in [0, 0.05) is 26.3 Å². The molecule has 1 fully saturated rings. The minimum Gasteiger partial charge on any atom is -0.384 e. The van der Waals surface area contributed by atoms with Gasteiger partial charge in [-0.3, -0.25) is 0 Å². The molecule has 96 valence electrons. The summed E-state index contributed by atoms with van der Waals surface area (Å²) in [6.45, 7) is 9.00. The fraction of sp³-hybridized carbons (Fsp3) is 1.00. The molecule has 0 aromatic rings. The van der Waals surface area contributed by atoms with Crippen LogP contribution in [0.15, 0.2) is 0 Å². The van der Waals surface area contributed by atoms with Gasteiger partial charge in [-0.1, -0.05) is 6.92 Å². The van der Waals surface area contributed by atoms with Gasteiger partial charge in [0.1, 0.15) is 0 Å². The fourth-order valence-corrected chi connectivity index (χ4v) is 2.43. The maximum atomic E-state index is 5.15. The Morgan fingerprint density at radius 3 is 2.50 bits per heavy atom. The van der Waals surface area contributed by atoms with Gasteiger partial charge in [-0.2, -0.15) is 0 Å². The molecule has 0 spiro atoms. The molecule has 1 rings (SSSR count). The number of piperidine rings is 1. The number of hydrogen-bond donors (Lipinski definition) is 1. The fourth-order valence-electron chi connectivity index (χ4n) is 2.43. The van der Waals surface area contributed by atoms with E-state index in [2.05, 4.69) is 31.1 Å². The van der Waals surface area contributed by atoms with E-state index < -0.39 is 0 Å². The highest BCUT2D eigenvalue weighted by Gasteiger charge is 2.21. The monoisotopic (exact) mass is 228 g/mol. The highest BCUT2D eigenvalue weighted by Crippen LogP contribution is 2.19. The van der Waals surface area contributed by atoms with Crippen molar-refractivity contribution in [3.8, 4) is 0 Å². The Morgan fingerprint density at radius 1 is 1.31 bits per heavy atom. The Balaban J connectivity index is 2.16. The van der Waals surface area contributed by atoms with Gasteiger partial charge in [-0.15, -0.1) is 0 Å². The van der Waals surface area contributed by atoms with Crippen molar-refractivity contribution in [2.45, 2.75) is 32.7 Å². The maximum absolute atomic E-state index is 5.15. The molecule has 16 heavy (non-hydrogen) atoms. The molecule has 0 radical (unpaired) electrons. The van der Waals surface area contributed by atoms with E-state index in [0.29, 0.717) is 12.0 Å². The summed E-state index contributed by atoms with van der Waals surface area (Å²) < 4.78 is 5.15. The van der Waals surface area contributed by atoms with Crippen molar-refractivity contribution in [2.24, 2.45) is 11.8 Å². The van der Waals surface area contributed by atoms with E-state index in [1.165, 1.54) is 25.9 Å². The lowest BCUT2D eigenvalue weighted by Gasteiger charge is -2.33. The zero-order chi connectivity index (χ0) is 12.0. The van der Waals surface area contributed by atoms with Gasteiger partial charge in [0.25, 0.3) is 0 Å². The van der Waals surface area contributed by atoms with Gasteiger partial charge >= 0.3 is 0 Å². The summed E-state index contributed by atoms with van der Waals surface area (Å²) in [6.07, 6.45) is 2.67. The molecule has 0 bridgehead atoms. The van der Waals surface area contributed by atoms with Crippen LogP contribution in [0, 0.1) is 11.8 Å². The number of hydrogen-bond acceptors (Lipinski definition) is 3. The molecule has 1 heterocycles. The average Bonchev–Trinajstić information content (AvgIpc) is 2.27. The van der Waals surface area contributed by atoms with Crippen LogP contribution in [0.3, 0.4) is 0 Å². The van der Waals surface area contributed by atoms with Crippen molar-refractivity contribution in [1.82, 2.24) is 10.2 Å². The number of ether oxygens (including phenoxy) is 1. The number of likely N-dealkylation sites (tertiary alicyclic amines) is 1. The molecule has 1 N–H and O–H groups in total. The van der Waals surface area contributed by atoms with Crippen LogP contribution < -0.4 is 5.32 Å². The first-order valence-electron chi connectivity index (χ1n) is 6.54. The molecule has 1 aliphatic heterocycles. The molecule has 2 unspecified atom stereocenters. The second-order valence-corrected chi connectivity index (χ2v) is 5.40. The van der Waals surface area contributed by atoms with E-state index in [1.54, 1.807) is 7.11 Å². The number of methoxy groups -OCH3 is 1. The van der Waals surface area contributed by atoms with Crippen LogP contribution in [0.5, 0.6) is 0 Å². The zero-order valence-electron chi connectivity index (χ0n) is 11.3. The minimum atomic E-state index is 0.610. The van der Waals surface area contributed by atoms with Crippen LogP contribution in [-0.4, -0.2) is 51.3 Å². The Bertz CT molecular complexity index is 179. The Labute approximate surface area is 101 Å². The summed E-state index contributed by atoms with van der Waals surface area (Å²) in [4.78, 5) is 2.43. The van der Waals surface area contributed by atoms with Gasteiger partial charge in [0.15, 0.2) is 0 Å². The third kappa shape index (κ3) is 4.81. The number of nitrogens with one attached hydrogen (secondary N) is 1. The zero-order valence-corrected chi connectivity index (χ0v) is 11.3. The molecular formula is C13H28N2O. The molecule has 1 aliphatic rings. The summed E-state index contributed by atoms with van der Waals surface area (Å²) in [5.74, 6) is 1.46. The standard InChI is InChI=1S/C13H28N2O/c1-11(10-16-4)9-14-12(2)13-5-7-15(3)8-6-13/h11-14H,5-10H2,1-4H3. The van der Waals surface area contributed by atoms with Crippen molar-refractivity contribution in [3.05, 3.63) is 0 Å². The van der Waals surface area contributed by atoms with E-state index in [4.69, 9.17) is 4.74 Å². The molecule has 0 saturated carbocycles. The summed E-state index contributed by atoms with van der Waals surface area (Å²) in [7, 11) is 3.99. The van der Waals surface area contributed by atoms with Gasteiger partial charge < -0.3 is 15.0 Å². The SMILES string of the molecule is COCC(C)CNC(C)C1CCN(C)CC1. The molecule has 2 atom stereocenters. The first-order valence-corrected chi connectivity index (χ1v) is 6.54. The van der Waals surface area contributed by atoms with E-state index in [1.807, 2.05) is 0 Å². The Morgan fingerprint density at radius 2 is 1.94 bits per heavy atom. The maximum Gasteiger partial charge on any atom is 0.0499 e. The van der Waals surface area contributed by atoms with Crippen LogP contribution in [0.2, 0.25) is 0 Å². The number of nitrogens with zero attached hydrogens (tertiary/aromatic N) is 1. The van der Waals surface area contributed by atoms with Crippen molar-refractivity contribution in [2.75, 3.05) is 40.4 Å². The largest absolute Gasteiger partial charge is 0.384 e. The molecular weight excluding hydrogens is 200 g/mol. The highest BCUT2D eigenvalue weighted by molar-refractivity contribution is 4.78. The summed E-state index contributed by atoms with van der Waals surface area (Å²) >= 11 is 0. The Kier molecular flexibility index (Phi) is 6.32. The predicted molar refractivity (Wildman–Crippen MR) is 68.7 cm³/mol. The van der Waals surface area contributed by atoms with E-state index in [9.17, 15) is 0 Å². The lowest BCUT2D eigenvalue weighted by Crippen LogP contribution is -2.42. The van der Waals surface area contributed by atoms with Crippen LogP contribution in [0.1, 0.15) is 26.7 Å². The second-order valence-electron chi connectivity index (χ2n) is 5.40. The van der Waals surface area contributed by atoms with Crippen LogP contribution in [0.4, 0.5) is 0 Å². The quantitative estimate of drug-likeness (QED) is 0.747. The lowest BCUT2D eigenvalue weighted by atomic mass is 9.90. The van der Waals surface area contributed by atoms with Crippen molar-refractivity contribution >= 4 is 0 Å². The normalized spacial score (nSPS) is 23.2. The minimum absolute atomic E-state index is 0.610. The Hall–Kier alpha value is -0.120. The molecule has 3 nitrogen and oxygen atoms in total. The molecule has 0 aliphatic carbocycles. The molecule has 0 aromatic heterocycles. The third-order valence-electron chi connectivity index (χ3n) is 3.71. The van der Waals surface area contributed by atoms with Crippen LogP contribution in [0.25, 0.3) is 0 Å². The van der Waals surface area contributed by atoms with Gasteiger partial charge in [-0.05, 0) is 51.7 Å². The average molecular weight is 228 g/mol. The van der Waals surface area contributed by atoms with Crippen molar-refractivity contribution in [3.63, 3.8) is 0 Å².